The summed E-state index contributed by atoms with van der Waals surface area (Å²) in [6, 6.07) is 18.8. The molecule has 1 N–H and O–H groups in total. The number of pyridine rings is 1. The molecule has 6 heteroatoms. The molecule has 3 nitrogen and oxygen atoms in total. The summed E-state index contributed by atoms with van der Waals surface area (Å²) in [5.41, 5.74) is 5.07. The minimum atomic E-state index is -1.37. The van der Waals surface area contributed by atoms with Crippen molar-refractivity contribution in [3.05, 3.63) is 71.5 Å². The molecule has 0 aliphatic carbocycles. The summed E-state index contributed by atoms with van der Waals surface area (Å²) in [4.78, 5) is 17.2. The fourth-order valence-corrected chi connectivity index (χ4v) is 8.05. The number of hydrogen-bond donors (Lipinski definition) is 1. The number of thiophene rings is 1. The summed E-state index contributed by atoms with van der Waals surface area (Å²) in [5, 5.41) is 12.7. The molecule has 0 fully saturated rings. The van der Waals surface area contributed by atoms with Crippen LogP contribution in [0, 0.1) is 30.7 Å². The maximum atomic E-state index is 12.2. The van der Waals surface area contributed by atoms with E-state index in [4.69, 9.17) is 4.98 Å². The van der Waals surface area contributed by atoms with E-state index in [0.717, 1.165) is 42.5 Å². The molecule has 235 valence electrons. The third kappa shape index (κ3) is 8.33. The number of aliphatic hydroxyl groups excluding tert-OH is 1. The molecule has 0 saturated heterocycles. The number of carbonyl (C=O) groups excluding carboxylic acids is 1. The number of carbonyl (C=O) groups is 1. The van der Waals surface area contributed by atoms with Crippen LogP contribution in [0.5, 0.6) is 0 Å². The van der Waals surface area contributed by atoms with Crippen LogP contribution in [-0.4, -0.2) is 23.9 Å². The number of aromatic nitrogens is 1. The van der Waals surface area contributed by atoms with E-state index in [1.54, 1.807) is 0 Å². The molecule has 0 aliphatic rings. The number of para-hydroxylation sites is 1. The molecular weight excluding hydrogens is 743 g/mol. The predicted octanol–water partition coefficient (Wildman–Crippen LogP) is 10.7. The van der Waals surface area contributed by atoms with Crippen LogP contribution in [0.4, 0.5) is 0 Å². The standard InChI is InChI=1S/C22H22NSSi.C15H28O2.Ir/c1-14-10-15(2)12-16(11-14)21-18-13-20(25(3,4)5)24-22(18)17-8-6-7-9-19(17)23-21;1-7-14(5,8-2)12(16)11-13(17)15(6,9-3)10-4;/h6-11,13H,1-5H3;11,16H,7-10H2,1-6H3;/q-1;;/b;12-11-;. The van der Waals surface area contributed by atoms with Crippen LogP contribution in [0.25, 0.3) is 32.2 Å². The third-order valence-corrected chi connectivity index (χ3v) is 13.9. The molecule has 2 aromatic heterocycles. The fourth-order valence-electron chi connectivity index (χ4n) is 4.99. The summed E-state index contributed by atoms with van der Waals surface area (Å²) in [6.45, 7) is 23.6. The van der Waals surface area contributed by atoms with Crippen molar-refractivity contribution in [2.75, 3.05) is 0 Å². The minimum Gasteiger partial charge on any atom is -0.512 e. The molecule has 0 atom stereocenters. The van der Waals surface area contributed by atoms with Crippen molar-refractivity contribution in [2.45, 2.75) is 101 Å². The van der Waals surface area contributed by atoms with Gasteiger partial charge in [0.25, 0.3) is 0 Å². The summed E-state index contributed by atoms with van der Waals surface area (Å²) in [6.07, 6.45) is 4.75. The number of rotatable bonds is 9. The second-order valence-corrected chi connectivity index (χ2v) is 19.7. The van der Waals surface area contributed by atoms with Gasteiger partial charge in [0.05, 0.1) is 13.6 Å². The number of aryl methyl sites for hydroxylation is 2. The van der Waals surface area contributed by atoms with Crippen molar-refractivity contribution >= 4 is 50.7 Å². The van der Waals surface area contributed by atoms with Crippen LogP contribution in [0.2, 0.25) is 19.6 Å². The van der Waals surface area contributed by atoms with E-state index in [1.807, 2.05) is 52.9 Å². The van der Waals surface area contributed by atoms with E-state index >= 15 is 0 Å². The summed E-state index contributed by atoms with van der Waals surface area (Å²) >= 11 is 1.96. The Labute approximate surface area is 278 Å². The van der Waals surface area contributed by atoms with Gasteiger partial charge in [-0.15, -0.1) is 46.2 Å². The van der Waals surface area contributed by atoms with Gasteiger partial charge in [-0.05, 0) is 47.3 Å². The Balaban J connectivity index is 0.000000318. The van der Waals surface area contributed by atoms with Gasteiger partial charge in [-0.2, -0.15) is 0 Å². The van der Waals surface area contributed by atoms with E-state index in [9.17, 15) is 9.90 Å². The average molecular weight is 793 g/mol. The topological polar surface area (TPSA) is 50.2 Å². The zero-order chi connectivity index (χ0) is 31.5. The molecule has 0 aliphatic heterocycles. The Bertz CT molecular complexity index is 1570. The molecule has 0 bridgehead atoms. The van der Waals surface area contributed by atoms with Crippen LogP contribution in [0.3, 0.4) is 0 Å². The molecule has 0 unspecified atom stereocenters. The first-order valence-electron chi connectivity index (χ1n) is 15.4. The molecule has 0 amide bonds. The van der Waals surface area contributed by atoms with Gasteiger partial charge in [0, 0.05) is 47.1 Å². The Hall–Kier alpha value is -2.11. The quantitative estimate of drug-likeness (QED) is 0.0795. The molecule has 4 aromatic rings. The molecule has 4 rings (SSSR count). The first-order valence-corrected chi connectivity index (χ1v) is 19.7. The smallest absolute Gasteiger partial charge is 0.164 e. The zero-order valence-electron chi connectivity index (χ0n) is 28.0. The fraction of sp³-hybridized carbons (Fsp3) is 0.459. The Morgan fingerprint density at radius 2 is 1.51 bits per heavy atom. The van der Waals surface area contributed by atoms with Gasteiger partial charge in [-0.1, -0.05) is 99.3 Å². The second kappa shape index (κ2) is 14.8. The van der Waals surface area contributed by atoms with Crippen molar-refractivity contribution < 1.29 is 30.0 Å². The van der Waals surface area contributed by atoms with Crippen molar-refractivity contribution in [1.29, 1.82) is 0 Å². The van der Waals surface area contributed by atoms with E-state index in [1.165, 1.54) is 37.2 Å². The third-order valence-electron chi connectivity index (χ3n) is 9.11. The van der Waals surface area contributed by atoms with Gasteiger partial charge in [0.1, 0.15) is 5.76 Å². The maximum absolute atomic E-state index is 12.2. The van der Waals surface area contributed by atoms with Crippen LogP contribution in [0.1, 0.15) is 78.4 Å². The zero-order valence-corrected chi connectivity index (χ0v) is 32.2. The van der Waals surface area contributed by atoms with E-state index in [-0.39, 0.29) is 42.5 Å². The largest absolute Gasteiger partial charge is 0.512 e. The summed E-state index contributed by atoms with van der Waals surface area (Å²) in [5.74, 6) is 0.286. The number of aliphatic hydroxyl groups is 1. The summed E-state index contributed by atoms with van der Waals surface area (Å²) < 4.78 is 2.90. The van der Waals surface area contributed by atoms with Gasteiger partial charge in [-0.3, -0.25) is 9.78 Å². The average Bonchev–Trinajstić information content (AvgIpc) is 3.42. The van der Waals surface area contributed by atoms with E-state index in [2.05, 4.69) is 82.0 Å². The molecule has 0 saturated carbocycles. The molecular formula is C37H50IrNO2SSi-. The van der Waals surface area contributed by atoms with Gasteiger partial charge in [-0.25, -0.2) is 0 Å². The van der Waals surface area contributed by atoms with Gasteiger partial charge < -0.3 is 5.11 Å². The molecule has 0 spiro atoms. The monoisotopic (exact) mass is 793 g/mol. The van der Waals surface area contributed by atoms with Crippen LogP contribution < -0.4 is 4.50 Å². The van der Waals surface area contributed by atoms with Crippen LogP contribution in [-0.2, 0) is 24.9 Å². The number of nitrogens with zero attached hydrogens (tertiary/aromatic N) is 1. The van der Waals surface area contributed by atoms with Crippen molar-refractivity contribution in [2.24, 2.45) is 10.8 Å². The van der Waals surface area contributed by atoms with E-state index in [0.29, 0.717) is 0 Å². The number of allylic oxidation sites excluding steroid dienone is 2. The van der Waals surface area contributed by atoms with Gasteiger partial charge in [0.15, 0.2) is 5.78 Å². The Kier molecular flexibility index (Phi) is 12.7. The number of hydrogen-bond acceptors (Lipinski definition) is 4. The van der Waals surface area contributed by atoms with Crippen molar-refractivity contribution in [3.63, 3.8) is 0 Å². The van der Waals surface area contributed by atoms with Gasteiger partial charge in [0.2, 0.25) is 0 Å². The Morgan fingerprint density at radius 3 is 2.05 bits per heavy atom. The van der Waals surface area contributed by atoms with E-state index < -0.39 is 8.07 Å². The number of benzene rings is 2. The van der Waals surface area contributed by atoms with Crippen LogP contribution in [0.15, 0.2) is 54.3 Å². The normalized spacial score (nSPS) is 12.6. The van der Waals surface area contributed by atoms with Crippen LogP contribution >= 0.6 is 11.3 Å². The maximum Gasteiger partial charge on any atom is 0.164 e. The van der Waals surface area contributed by atoms with Crippen molar-refractivity contribution in [1.82, 2.24) is 4.98 Å². The number of ketones is 1. The minimum absolute atomic E-state index is 0. The SMILES string of the molecule is CCC(C)(CC)C(=O)/C=C(\O)C(C)(CC)CC.Cc1[c-]c(-c2nc3ccccc3c3sc([Si](C)(C)C)cc23)cc(C)c1.[Ir]. The molecule has 1 radical (unpaired) electrons. The first kappa shape index (κ1) is 37.1. The predicted molar refractivity (Wildman–Crippen MR) is 187 cm³/mol. The number of fused-ring (bicyclic) bond motifs is 3. The van der Waals surface area contributed by atoms with Gasteiger partial charge >= 0.3 is 0 Å². The first-order chi connectivity index (χ1) is 19.6. The molecule has 2 heterocycles. The second-order valence-electron chi connectivity index (χ2n) is 13.3. The van der Waals surface area contributed by atoms with Crippen molar-refractivity contribution in [3.8, 4) is 11.3 Å². The molecule has 2 aromatic carbocycles. The molecule has 43 heavy (non-hydrogen) atoms. The summed E-state index contributed by atoms with van der Waals surface area (Å²) in [7, 11) is -1.37. The Morgan fingerprint density at radius 1 is 0.930 bits per heavy atom.